The average Bonchev–Trinajstić information content (AvgIpc) is 2.52. The van der Waals surface area contributed by atoms with E-state index in [4.69, 9.17) is 0 Å². The SMILES string of the molecule is CC(C)(C)CCCCCCc1c(O)c(O)cc(CCCCC(C)(C)C)c1O. The van der Waals surface area contributed by atoms with Crippen LogP contribution in [0.2, 0.25) is 0 Å². The maximum absolute atomic E-state index is 10.6. The first-order valence-corrected chi connectivity index (χ1v) is 10.7. The second kappa shape index (κ2) is 10.2. The lowest BCUT2D eigenvalue weighted by Gasteiger charge is -2.18. The van der Waals surface area contributed by atoms with Gasteiger partial charge < -0.3 is 15.3 Å². The van der Waals surface area contributed by atoms with Gasteiger partial charge in [0.15, 0.2) is 11.5 Å². The first-order valence-electron chi connectivity index (χ1n) is 10.7. The van der Waals surface area contributed by atoms with Gasteiger partial charge in [0.1, 0.15) is 5.75 Å². The quantitative estimate of drug-likeness (QED) is 0.231. The van der Waals surface area contributed by atoms with Gasteiger partial charge in [0.2, 0.25) is 0 Å². The fraction of sp³-hybridized carbons (Fsp3) is 0.750. The van der Waals surface area contributed by atoms with Crippen molar-refractivity contribution in [3.63, 3.8) is 0 Å². The van der Waals surface area contributed by atoms with Crippen molar-refractivity contribution in [2.24, 2.45) is 10.8 Å². The summed E-state index contributed by atoms with van der Waals surface area (Å²) in [6.45, 7) is 13.5. The molecule has 3 nitrogen and oxygen atoms in total. The molecular weight excluding hydrogens is 336 g/mol. The molecule has 3 heteroatoms. The molecule has 0 aliphatic heterocycles. The highest BCUT2D eigenvalue weighted by Crippen LogP contribution is 2.40. The third-order valence-electron chi connectivity index (χ3n) is 5.16. The fourth-order valence-corrected chi connectivity index (χ4v) is 3.47. The molecule has 1 rings (SSSR count). The summed E-state index contributed by atoms with van der Waals surface area (Å²) in [5.41, 5.74) is 1.96. The molecule has 0 saturated carbocycles. The molecule has 0 heterocycles. The Balaban J connectivity index is 2.57. The summed E-state index contributed by atoms with van der Waals surface area (Å²) in [4.78, 5) is 0. The zero-order valence-corrected chi connectivity index (χ0v) is 18.5. The minimum Gasteiger partial charge on any atom is -0.507 e. The molecule has 0 unspecified atom stereocenters. The Hall–Kier alpha value is -1.38. The van der Waals surface area contributed by atoms with E-state index in [2.05, 4.69) is 41.5 Å². The number of aromatic hydroxyl groups is 3. The van der Waals surface area contributed by atoms with Gasteiger partial charge in [-0.05, 0) is 61.0 Å². The van der Waals surface area contributed by atoms with E-state index in [1.54, 1.807) is 0 Å². The zero-order chi connectivity index (χ0) is 20.7. The molecule has 0 atom stereocenters. The van der Waals surface area contributed by atoms with Gasteiger partial charge in [0, 0.05) is 5.56 Å². The molecule has 0 bridgehead atoms. The Kier molecular flexibility index (Phi) is 8.98. The number of aryl methyl sites for hydroxylation is 1. The third-order valence-corrected chi connectivity index (χ3v) is 5.16. The lowest BCUT2D eigenvalue weighted by atomic mass is 9.88. The normalized spacial score (nSPS) is 12.5. The van der Waals surface area contributed by atoms with Crippen LogP contribution in [0.15, 0.2) is 6.07 Å². The monoisotopic (exact) mass is 378 g/mol. The van der Waals surface area contributed by atoms with Crippen LogP contribution in [0.25, 0.3) is 0 Å². The molecule has 1 aromatic carbocycles. The van der Waals surface area contributed by atoms with Crippen LogP contribution in [0.1, 0.15) is 104 Å². The number of hydrogen-bond acceptors (Lipinski definition) is 3. The number of unbranched alkanes of at least 4 members (excludes halogenated alkanes) is 4. The number of hydrogen-bond donors (Lipinski definition) is 3. The molecule has 0 aromatic heterocycles. The molecular formula is C24H42O3. The van der Waals surface area contributed by atoms with Crippen LogP contribution in [-0.4, -0.2) is 15.3 Å². The maximum atomic E-state index is 10.6. The Bertz CT molecular complexity index is 577. The van der Waals surface area contributed by atoms with E-state index >= 15 is 0 Å². The highest BCUT2D eigenvalue weighted by Gasteiger charge is 2.17. The summed E-state index contributed by atoms with van der Waals surface area (Å²) in [6, 6.07) is 1.52. The van der Waals surface area contributed by atoms with Gasteiger partial charge in [-0.3, -0.25) is 0 Å². The number of phenolic OH excluding ortho intramolecular Hbond substituents is 3. The van der Waals surface area contributed by atoms with Crippen molar-refractivity contribution in [3.05, 3.63) is 17.2 Å². The van der Waals surface area contributed by atoms with E-state index in [1.165, 1.54) is 18.9 Å². The summed E-state index contributed by atoms with van der Waals surface area (Å²) in [5, 5.41) is 30.8. The Morgan fingerprint density at radius 3 is 1.67 bits per heavy atom. The van der Waals surface area contributed by atoms with Crippen LogP contribution in [0, 0.1) is 10.8 Å². The molecule has 0 amide bonds. The Labute approximate surface area is 166 Å². The maximum Gasteiger partial charge on any atom is 0.164 e. The van der Waals surface area contributed by atoms with Gasteiger partial charge in [-0.15, -0.1) is 0 Å². The van der Waals surface area contributed by atoms with E-state index in [9.17, 15) is 15.3 Å². The molecule has 0 aliphatic rings. The van der Waals surface area contributed by atoms with Gasteiger partial charge in [-0.25, -0.2) is 0 Å². The molecule has 156 valence electrons. The van der Waals surface area contributed by atoms with E-state index in [0.29, 0.717) is 22.8 Å². The van der Waals surface area contributed by atoms with Gasteiger partial charge in [-0.2, -0.15) is 0 Å². The zero-order valence-electron chi connectivity index (χ0n) is 18.5. The van der Waals surface area contributed by atoms with Crippen LogP contribution in [0.3, 0.4) is 0 Å². The van der Waals surface area contributed by atoms with Crippen LogP contribution >= 0.6 is 0 Å². The smallest absolute Gasteiger partial charge is 0.164 e. The van der Waals surface area contributed by atoms with E-state index in [1.807, 2.05) is 0 Å². The van der Waals surface area contributed by atoms with Gasteiger partial charge >= 0.3 is 0 Å². The minimum atomic E-state index is -0.152. The molecule has 1 aromatic rings. The summed E-state index contributed by atoms with van der Waals surface area (Å²) in [6.07, 6.45) is 10.1. The molecule has 27 heavy (non-hydrogen) atoms. The highest BCUT2D eigenvalue weighted by molar-refractivity contribution is 5.56. The topological polar surface area (TPSA) is 60.7 Å². The predicted octanol–water partition coefficient (Wildman–Crippen LogP) is 7.10. The van der Waals surface area contributed by atoms with Crippen LogP contribution in [0.4, 0.5) is 0 Å². The van der Waals surface area contributed by atoms with Crippen molar-refractivity contribution in [2.45, 2.75) is 106 Å². The summed E-state index contributed by atoms with van der Waals surface area (Å²) in [5.74, 6) is -0.0854. The molecule has 0 saturated heterocycles. The predicted molar refractivity (Wildman–Crippen MR) is 115 cm³/mol. The average molecular weight is 379 g/mol. The first-order chi connectivity index (χ1) is 12.4. The lowest BCUT2D eigenvalue weighted by molar-refractivity contribution is 0.356. The number of rotatable bonds is 10. The summed E-state index contributed by atoms with van der Waals surface area (Å²) >= 11 is 0. The van der Waals surface area contributed by atoms with Crippen molar-refractivity contribution in [1.82, 2.24) is 0 Å². The molecule has 0 radical (unpaired) electrons. The van der Waals surface area contributed by atoms with Crippen molar-refractivity contribution in [2.75, 3.05) is 0 Å². The minimum absolute atomic E-state index is 0.110. The Morgan fingerprint density at radius 1 is 0.630 bits per heavy atom. The van der Waals surface area contributed by atoms with Crippen LogP contribution in [-0.2, 0) is 12.8 Å². The number of benzene rings is 1. The fourth-order valence-electron chi connectivity index (χ4n) is 3.47. The molecule has 0 fully saturated rings. The van der Waals surface area contributed by atoms with E-state index < -0.39 is 0 Å². The van der Waals surface area contributed by atoms with Gasteiger partial charge in [-0.1, -0.05) is 67.2 Å². The second-order valence-corrected chi connectivity index (χ2v) is 10.5. The van der Waals surface area contributed by atoms with Crippen molar-refractivity contribution in [3.8, 4) is 17.2 Å². The van der Waals surface area contributed by atoms with Crippen LogP contribution in [0.5, 0.6) is 17.2 Å². The largest absolute Gasteiger partial charge is 0.507 e. The Morgan fingerprint density at radius 2 is 1.11 bits per heavy atom. The third kappa shape index (κ3) is 9.39. The summed E-state index contributed by atoms with van der Waals surface area (Å²) < 4.78 is 0. The lowest BCUT2D eigenvalue weighted by Crippen LogP contribution is -2.04. The van der Waals surface area contributed by atoms with Gasteiger partial charge in [0.05, 0.1) is 0 Å². The van der Waals surface area contributed by atoms with Crippen LogP contribution < -0.4 is 0 Å². The van der Waals surface area contributed by atoms with Crippen molar-refractivity contribution < 1.29 is 15.3 Å². The summed E-state index contributed by atoms with van der Waals surface area (Å²) in [7, 11) is 0. The first kappa shape index (κ1) is 23.7. The molecule has 0 aliphatic carbocycles. The molecule has 0 spiro atoms. The highest BCUT2D eigenvalue weighted by atomic mass is 16.3. The van der Waals surface area contributed by atoms with Gasteiger partial charge in [0.25, 0.3) is 0 Å². The van der Waals surface area contributed by atoms with Crippen molar-refractivity contribution in [1.29, 1.82) is 0 Å². The van der Waals surface area contributed by atoms with E-state index in [-0.39, 0.29) is 17.2 Å². The molecule has 3 N–H and O–H groups in total. The standard InChI is InChI=1S/C24H42O3/c1-23(2,3)15-11-8-7-9-14-19-21(26)18(17-20(25)22(19)27)13-10-12-16-24(4,5)6/h17,25-27H,7-16H2,1-6H3. The second-order valence-electron chi connectivity index (χ2n) is 10.5. The van der Waals surface area contributed by atoms with Crippen molar-refractivity contribution >= 4 is 0 Å². The van der Waals surface area contributed by atoms with E-state index in [0.717, 1.165) is 50.5 Å². The number of phenols is 3.